The summed E-state index contributed by atoms with van der Waals surface area (Å²) in [6.45, 7) is 3.60. The van der Waals surface area contributed by atoms with Crippen molar-refractivity contribution in [1.29, 1.82) is 0 Å². The third-order valence-corrected chi connectivity index (χ3v) is 4.90. The normalized spacial score (nSPS) is 23.8. The highest BCUT2D eigenvalue weighted by Gasteiger charge is 2.29. The number of hydrogen-bond donors (Lipinski definition) is 1. The minimum atomic E-state index is -2.92. The maximum Gasteiger partial charge on any atom is 0.154 e. The second-order valence-electron chi connectivity index (χ2n) is 4.84. The molecule has 4 nitrogen and oxygen atoms in total. The molecule has 1 heterocycles. The molecule has 1 aromatic rings. The van der Waals surface area contributed by atoms with Crippen molar-refractivity contribution in [3.05, 3.63) is 29.3 Å². The maximum atomic E-state index is 11.3. The van der Waals surface area contributed by atoms with Crippen LogP contribution in [0, 0.1) is 6.92 Å². The summed E-state index contributed by atoms with van der Waals surface area (Å²) in [6, 6.07) is 5.46. The number of ether oxygens (including phenoxy) is 1. The summed E-state index contributed by atoms with van der Waals surface area (Å²) >= 11 is 0. The van der Waals surface area contributed by atoms with Gasteiger partial charge in [-0.25, -0.2) is 8.42 Å². The van der Waals surface area contributed by atoms with Gasteiger partial charge < -0.3 is 9.84 Å². The van der Waals surface area contributed by atoms with Crippen molar-refractivity contribution in [3.63, 3.8) is 0 Å². The molecule has 18 heavy (non-hydrogen) atoms. The Morgan fingerprint density at radius 1 is 1.44 bits per heavy atom. The Kier molecular flexibility index (Phi) is 3.64. The smallest absolute Gasteiger partial charge is 0.154 e. The first kappa shape index (κ1) is 13.4. The van der Waals surface area contributed by atoms with E-state index in [2.05, 4.69) is 0 Å². The van der Waals surface area contributed by atoms with Crippen molar-refractivity contribution in [2.45, 2.75) is 32.5 Å². The predicted molar refractivity (Wildman–Crippen MR) is 69.5 cm³/mol. The Hall–Kier alpha value is -1.07. The molecular formula is C13H18O4S. The Bertz CT molecular complexity index is 534. The van der Waals surface area contributed by atoms with Crippen LogP contribution in [-0.4, -0.2) is 31.1 Å². The third-order valence-electron chi connectivity index (χ3n) is 3.17. The van der Waals surface area contributed by atoms with E-state index < -0.39 is 15.9 Å². The number of benzene rings is 1. The van der Waals surface area contributed by atoms with Gasteiger partial charge in [0.25, 0.3) is 0 Å². The molecule has 1 aliphatic rings. The molecule has 1 N–H and O–H groups in total. The first-order chi connectivity index (χ1) is 8.37. The number of rotatable bonds is 3. The number of aliphatic hydroxyl groups excluding tert-OH is 1. The van der Waals surface area contributed by atoms with Gasteiger partial charge in [0.15, 0.2) is 9.84 Å². The van der Waals surface area contributed by atoms with Crippen LogP contribution in [0.5, 0.6) is 5.75 Å². The number of sulfone groups is 1. The van der Waals surface area contributed by atoms with E-state index in [9.17, 15) is 13.5 Å². The molecule has 1 aromatic carbocycles. The average molecular weight is 270 g/mol. The van der Waals surface area contributed by atoms with Crippen molar-refractivity contribution in [1.82, 2.24) is 0 Å². The fourth-order valence-corrected chi connectivity index (χ4v) is 3.69. The first-order valence-electron chi connectivity index (χ1n) is 6.03. The van der Waals surface area contributed by atoms with Gasteiger partial charge in [0.2, 0.25) is 0 Å². The minimum Gasteiger partial charge on any atom is -0.489 e. The molecule has 1 unspecified atom stereocenters. The van der Waals surface area contributed by atoms with Crippen molar-refractivity contribution in [2.24, 2.45) is 0 Å². The van der Waals surface area contributed by atoms with E-state index in [1.807, 2.05) is 13.0 Å². The summed E-state index contributed by atoms with van der Waals surface area (Å²) in [4.78, 5) is 0. The molecule has 0 aromatic heterocycles. The van der Waals surface area contributed by atoms with Crippen LogP contribution in [0.25, 0.3) is 0 Å². The summed E-state index contributed by atoms with van der Waals surface area (Å²) in [5, 5.41) is 9.47. The molecule has 0 saturated carbocycles. The minimum absolute atomic E-state index is 0.102. The number of hydrogen-bond acceptors (Lipinski definition) is 4. The van der Waals surface area contributed by atoms with Crippen LogP contribution in [0.1, 0.15) is 30.6 Å². The monoisotopic (exact) mass is 270 g/mol. The largest absolute Gasteiger partial charge is 0.489 e. The van der Waals surface area contributed by atoms with E-state index in [1.165, 1.54) is 0 Å². The van der Waals surface area contributed by atoms with Crippen molar-refractivity contribution >= 4 is 9.84 Å². The first-order valence-corrected chi connectivity index (χ1v) is 7.85. The van der Waals surface area contributed by atoms with E-state index in [1.54, 1.807) is 19.1 Å². The average Bonchev–Trinajstić information content (AvgIpc) is 2.61. The standard InChI is InChI=1S/C13H18O4S/c1-9-7-11(10(2)14)3-4-13(9)17-12-5-6-18(15,16)8-12/h3-4,7,10,12,14H,5-6,8H2,1-2H3/t10-,12?/m0/s1. The molecule has 100 valence electrons. The zero-order valence-corrected chi connectivity index (χ0v) is 11.4. The molecular weight excluding hydrogens is 252 g/mol. The van der Waals surface area contributed by atoms with E-state index >= 15 is 0 Å². The topological polar surface area (TPSA) is 63.6 Å². The molecule has 1 saturated heterocycles. The third kappa shape index (κ3) is 3.03. The quantitative estimate of drug-likeness (QED) is 0.906. The number of aryl methyl sites for hydroxylation is 1. The van der Waals surface area contributed by atoms with Crippen LogP contribution < -0.4 is 4.74 Å². The lowest BCUT2D eigenvalue weighted by Gasteiger charge is -2.15. The Morgan fingerprint density at radius 3 is 2.67 bits per heavy atom. The highest BCUT2D eigenvalue weighted by Crippen LogP contribution is 2.26. The van der Waals surface area contributed by atoms with Gasteiger partial charge in [-0.1, -0.05) is 6.07 Å². The van der Waals surface area contributed by atoms with Crippen LogP contribution in [0.3, 0.4) is 0 Å². The SMILES string of the molecule is Cc1cc([C@H](C)O)ccc1OC1CCS(=O)(=O)C1. The summed E-state index contributed by atoms with van der Waals surface area (Å²) in [5.74, 6) is 1.01. The van der Waals surface area contributed by atoms with Crippen LogP contribution in [0.4, 0.5) is 0 Å². The van der Waals surface area contributed by atoms with Crippen molar-refractivity contribution in [3.8, 4) is 5.75 Å². The fraction of sp³-hybridized carbons (Fsp3) is 0.538. The zero-order chi connectivity index (χ0) is 13.3. The fourth-order valence-electron chi connectivity index (χ4n) is 2.10. The van der Waals surface area contributed by atoms with Gasteiger partial charge in [0.05, 0.1) is 17.6 Å². The van der Waals surface area contributed by atoms with Gasteiger partial charge in [-0.15, -0.1) is 0 Å². The summed E-state index contributed by atoms with van der Waals surface area (Å²) in [7, 11) is -2.92. The molecule has 1 aliphatic heterocycles. The van der Waals surface area contributed by atoms with Gasteiger partial charge >= 0.3 is 0 Å². The lowest BCUT2D eigenvalue weighted by atomic mass is 10.1. The molecule has 0 aliphatic carbocycles. The molecule has 0 radical (unpaired) electrons. The van der Waals surface area contributed by atoms with Crippen LogP contribution in [0.15, 0.2) is 18.2 Å². The maximum absolute atomic E-state index is 11.3. The van der Waals surface area contributed by atoms with Gasteiger partial charge in [-0.2, -0.15) is 0 Å². The van der Waals surface area contributed by atoms with E-state index in [0.717, 1.165) is 11.1 Å². The summed E-state index contributed by atoms with van der Waals surface area (Å²) in [5.41, 5.74) is 1.75. The summed E-state index contributed by atoms with van der Waals surface area (Å²) < 4.78 is 28.4. The van der Waals surface area contributed by atoms with E-state index in [0.29, 0.717) is 12.2 Å². The Labute approximate surface area is 108 Å². The zero-order valence-electron chi connectivity index (χ0n) is 10.6. The molecule has 0 spiro atoms. The van der Waals surface area contributed by atoms with Gasteiger partial charge in [-0.3, -0.25) is 0 Å². The van der Waals surface area contributed by atoms with Crippen LogP contribution in [0.2, 0.25) is 0 Å². The van der Waals surface area contributed by atoms with Crippen molar-refractivity contribution < 1.29 is 18.3 Å². The Morgan fingerprint density at radius 2 is 2.17 bits per heavy atom. The van der Waals surface area contributed by atoms with Crippen LogP contribution >= 0.6 is 0 Å². The molecule has 0 amide bonds. The van der Waals surface area contributed by atoms with Gasteiger partial charge in [0.1, 0.15) is 11.9 Å². The van der Waals surface area contributed by atoms with E-state index in [4.69, 9.17) is 4.74 Å². The highest BCUT2D eigenvalue weighted by atomic mass is 32.2. The highest BCUT2D eigenvalue weighted by molar-refractivity contribution is 7.91. The lowest BCUT2D eigenvalue weighted by Crippen LogP contribution is -2.18. The van der Waals surface area contributed by atoms with Gasteiger partial charge in [-0.05, 0) is 43.5 Å². The second kappa shape index (κ2) is 4.90. The van der Waals surface area contributed by atoms with Crippen LogP contribution in [-0.2, 0) is 9.84 Å². The molecule has 2 rings (SSSR count). The van der Waals surface area contributed by atoms with E-state index in [-0.39, 0.29) is 17.6 Å². The molecule has 2 atom stereocenters. The molecule has 0 bridgehead atoms. The summed E-state index contributed by atoms with van der Waals surface area (Å²) in [6.07, 6.45) is -0.198. The number of aliphatic hydroxyl groups is 1. The lowest BCUT2D eigenvalue weighted by molar-refractivity contribution is 0.198. The van der Waals surface area contributed by atoms with Crippen molar-refractivity contribution in [2.75, 3.05) is 11.5 Å². The second-order valence-corrected chi connectivity index (χ2v) is 7.07. The Balaban J connectivity index is 2.11. The predicted octanol–water partition coefficient (Wildman–Crippen LogP) is 1.61. The molecule has 5 heteroatoms. The molecule has 1 fully saturated rings. The van der Waals surface area contributed by atoms with Gasteiger partial charge in [0, 0.05) is 0 Å².